The highest BCUT2D eigenvalue weighted by Gasteiger charge is 2.07. The predicted molar refractivity (Wildman–Crippen MR) is 93.7 cm³/mol. The minimum atomic E-state index is -0.334. The molecule has 24 heavy (non-hydrogen) atoms. The molecule has 0 saturated carbocycles. The van der Waals surface area contributed by atoms with Crippen molar-refractivity contribution in [2.75, 3.05) is 5.75 Å². The first-order valence-electron chi connectivity index (χ1n) is 7.17. The number of nitrogens with one attached hydrogen (secondary N) is 1. The Hall–Kier alpha value is -2.19. The summed E-state index contributed by atoms with van der Waals surface area (Å²) in [5.41, 5.74) is 0.976. The van der Waals surface area contributed by atoms with Gasteiger partial charge in [0.05, 0.1) is 11.4 Å². The van der Waals surface area contributed by atoms with Crippen molar-refractivity contribution in [1.29, 1.82) is 0 Å². The summed E-state index contributed by atoms with van der Waals surface area (Å²) in [6.07, 6.45) is 1.68. The molecule has 2 aromatic heterocycles. The van der Waals surface area contributed by atoms with E-state index in [2.05, 4.69) is 10.3 Å². The Morgan fingerprint density at radius 1 is 1.38 bits per heavy atom. The molecule has 8 heteroatoms. The summed E-state index contributed by atoms with van der Waals surface area (Å²) in [6.45, 7) is 0.160. The number of benzene rings is 1. The number of amides is 1. The van der Waals surface area contributed by atoms with Crippen LogP contribution in [0.5, 0.6) is 0 Å². The number of aromatic nitrogens is 2. The lowest BCUT2D eigenvalue weighted by Crippen LogP contribution is -2.25. The Kier molecular flexibility index (Phi) is 5.27. The van der Waals surface area contributed by atoms with Gasteiger partial charge in [0.1, 0.15) is 5.82 Å². The van der Waals surface area contributed by atoms with Crippen molar-refractivity contribution in [2.45, 2.75) is 12.3 Å². The van der Waals surface area contributed by atoms with Crippen molar-refractivity contribution in [2.24, 2.45) is 0 Å². The van der Waals surface area contributed by atoms with Crippen LogP contribution in [0.2, 0.25) is 0 Å². The van der Waals surface area contributed by atoms with Gasteiger partial charge in [-0.2, -0.15) is 0 Å². The van der Waals surface area contributed by atoms with Crippen molar-refractivity contribution in [3.63, 3.8) is 0 Å². The second kappa shape index (κ2) is 7.59. The van der Waals surface area contributed by atoms with Crippen LogP contribution in [0.25, 0.3) is 4.96 Å². The van der Waals surface area contributed by atoms with Gasteiger partial charge in [0.2, 0.25) is 5.91 Å². The van der Waals surface area contributed by atoms with Gasteiger partial charge in [-0.1, -0.05) is 18.2 Å². The van der Waals surface area contributed by atoms with E-state index in [-0.39, 0.29) is 29.6 Å². The van der Waals surface area contributed by atoms with Gasteiger partial charge >= 0.3 is 0 Å². The molecule has 0 aliphatic rings. The van der Waals surface area contributed by atoms with E-state index in [1.54, 1.807) is 29.8 Å². The second-order valence-electron chi connectivity index (χ2n) is 5.00. The fraction of sp³-hybridized carbons (Fsp3) is 0.188. The topological polar surface area (TPSA) is 63.5 Å². The summed E-state index contributed by atoms with van der Waals surface area (Å²) < 4.78 is 14.9. The smallest absolute Gasteiger partial charge is 0.258 e. The van der Waals surface area contributed by atoms with Crippen LogP contribution < -0.4 is 10.9 Å². The Balaban J connectivity index is 1.49. The molecular weight excluding hydrogens is 349 g/mol. The number of fused-ring (bicyclic) bond motifs is 1. The number of rotatable bonds is 6. The first kappa shape index (κ1) is 16.7. The minimum absolute atomic E-state index is 0.124. The summed E-state index contributed by atoms with van der Waals surface area (Å²) in [7, 11) is 0. The molecule has 5 nitrogen and oxygen atoms in total. The lowest BCUT2D eigenvalue weighted by atomic mass is 10.2. The summed E-state index contributed by atoms with van der Waals surface area (Å²) >= 11 is 2.75. The van der Waals surface area contributed by atoms with Crippen molar-refractivity contribution < 1.29 is 9.18 Å². The lowest BCUT2D eigenvalue weighted by Gasteiger charge is -2.06. The molecular formula is C16H14FN3O2S2. The highest BCUT2D eigenvalue weighted by molar-refractivity contribution is 7.99. The average Bonchev–Trinajstić information content (AvgIpc) is 3.03. The van der Waals surface area contributed by atoms with Crippen LogP contribution in [0.3, 0.4) is 0 Å². The lowest BCUT2D eigenvalue weighted by molar-refractivity contribution is -0.118. The van der Waals surface area contributed by atoms with Gasteiger partial charge in [0.25, 0.3) is 5.56 Å². The van der Waals surface area contributed by atoms with Crippen molar-refractivity contribution >= 4 is 34.0 Å². The number of hydrogen-bond acceptors (Lipinski definition) is 5. The maximum absolute atomic E-state index is 13.5. The Bertz CT molecular complexity index is 923. The van der Waals surface area contributed by atoms with E-state index < -0.39 is 0 Å². The third-order valence-corrected chi connectivity index (χ3v) is 5.00. The molecule has 0 spiro atoms. The van der Waals surface area contributed by atoms with E-state index in [1.807, 2.05) is 0 Å². The van der Waals surface area contributed by atoms with Crippen LogP contribution in [0.15, 0.2) is 46.7 Å². The molecule has 1 aromatic carbocycles. The molecule has 124 valence electrons. The number of thiazole rings is 1. The van der Waals surface area contributed by atoms with Crippen LogP contribution in [0.1, 0.15) is 11.3 Å². The number of halogens is 1. The molecule has 1 N–H and O–H groups in total. The van der Waals surface area contributed by atoms with Gasteiger partial charge in [-0.15, -0.1) is 23.1 Å². The molecule has 0 atom stereocenters. The Labute approximate surface area is 145 Å². The highest BCUT2D eigenvalue weighted by atomic mass is 32.2. The van der Waals surface area contributed by atoms with Crippen LogP contribution in [0.4, 0.5) is 4.39 Å². The second-order valence-corrected chi connectivity index (χ2v) is 6.86. The number of thioether (sulfide) groups is 1. The third kappa shape index (κ3) is 4.01. The molecule has 0 saturated heterocycles. The van der Waals surface area contributed by atoms with Crippen LogP contribution in [0, 0.1) is 5.82 Å². The predicted octanol–water partition coefficient (Wildman–Crippen LogP) is 2.44. The Morgan fingerprint density at radius 3 is 3.04 bits per heavy atom. The zero-order chi connectivity index (χ0) is 16.9. The largest absolute Gasteiger partial charge is 0.351 e. The quantitative estimate of drug-likeness (QED) is 0.731. The SMILES string of the molecule is O=C(CSCc1cc(=O)n2ccsc2n1)NCc1ccccc1F. The highest BCUT2D eigenvalue weighted by Crippen LogP contribution is 2.12. The molecule has 1 amide bonds. The number of carbonyl (C=O) groups excluding carboxylic acids is 1. The molecule has 0 aliphatic carbocycles. The monoisotopic (exact) mass is 363 g/mol. The van der Waals surface area contributed by atoms with E-state index in [9.17, 15) is 14.0 Å². The third-order valence-electron chi connectivity index (χ3n) is 3.27. The molecule has 2 heterocycles. The van der Waals surface area contributed by atoms with Crippen molar-refractivity contribution in [1.82, 2.24) is 14.7 Å². The maximum Gasteiger partial charge on any atom is 0.258 e. The number of hydrogen-bond donors (Lipinski definition) is 1. The summed E-state index contributed by atoms with van der Waals surface area (Å²) in [6, 6.07) is 7.81. The molecule has 0 unspecified atom stereocenters. The summed E-state index contributed by atoms with van der Waals surface area (Å²) in [4.78, 5) is 28.7. The van der Waals surface area contributed by atoms with Gasteiger partial charge in [0, 0.05) is 35.5 Å². The van der Waals surface area contributed by atoms with Gasteiger partial charge in [-0.25, -0.2) is 9.37 Å². The van der Waals surface area contributed by atoms with Crippen LogP contribution in [-0.4, -0.2) is 21.0 Å². The van der Waals surface area contributed by atoms with Crippen LogP contribution in [-0.2, 0) is 17.1 Å². The standard InChI is InChI=1S/C16H14FN3O2S2/c17-13-4-2-1-3-11(13)8-18-14(21)10-23-9-12-7-15(22)20-5-6-24-16(20)19-12/h1-7H,8-10H2,(H,18,21). The van der Waals surface area contributed by atoms with Crippen LogP contribution >= 0.6 is 23.1 Å². The zero-order valence-electron chi connectivity index (χ0n) is 12.6. The number of nitrogens with zero attached hydrogens (tertiary/aromatic N) is 2. The molecule has 0 radical (unpaired) electrons. The average molecular weight is 363 g/mol. The number of carbonyl (C=O) groups is 1. The molecule has 0 aliphatic heterocycles. The summed E-state index contributed by atoms with van der Waals surface area (Å²) in [5.74, 6) is 0.174. The van der Waals surface area contributed by atoms with Crippen molar-refractivity contribution in [3.8, 4) is 0 Å². The first-order valence-corrected chi connectivity index (χ1v) is 9.20. The zero-order valence-corrected chi connectivity index (χ0v) is 14.2. The van der Waals surface area contributed by atoms with E-state index in [0.29, 0.717) is 22.0 Å². The van der Waals surface area contributed by atoms with Crippen molar-refractivity contribution in [3.05, 3.63) is 69.3 Å². The minimum Gasteiger partial charge on any atom is -0.351 e. The van der Waals surface area contributed by atoms with E-state index in [0.717, 1.165) is 0 Å². The maximum atomic E-state index is 13.5. The first-order chi connectivity index (χ1) is 11.6. The summed E-state index contributed by atoms with van der Waals surface area (Å²) in [5, 5.41) is 4.48. The fourth-order valence-corrected chi connectivity index (χ4v) is 3.58. The molecule has 3 rings (SSSR count). The van der Waals surface area contributed by atoms with Gasteiger partial charge < -0.3 is 5.32 Å². The Morgan fingerprint density at radius 2 is 2.21 bits per heavy atom. The van der Waals surface area contributed by atoms with E-state index >= 15 is 0 Å². The van der Waals surface area contributed by atoms with Gasteiger partial charge in [-0.3, -0.25) is 14.0 Å². The molecule has 0 bridgehead atoms. The molecule has 3 aromatic rings. The van der Waals surface area contributed by atoms with Gasteiger partial charge in [0.15, 0.2) is 4.96 Å². The van der Waals surface area contributed by atoms with E-state index in [1.165, 1.54) is 39.6 Å². The molecule has 0 fully saturated rings. The fourth-order valence-electron chi connectivity index (χ4n) is 2.10. The van der Waals surface area contributed by atoms with Gasteiger partial charge in [-0.05, 0) is 6.07 Å². The normalized spacial score (nSPS) is 10.9. The van der Waals surface area contributed by atoms with E-state index in [4.69, 9.17) is 0 Å².